The molecule has 2 aliphatic rings. The molecule has 0 atom stereocenters. The van der Waals surface area contributed by atoms with Crippen LogP contribution >= 0.6 is 0 Å². The van der Waals surface area contributed by atoms with Crippen LogP contribution in [-0.2, 0) is 10.8 Å². The number of fused-ring (bicyclic) bond motifs is 3. The van der Waals surface area contributed by atoms with Crippen molar-refractivity contribution in [2.75, 3.05) is 36.0 Å². The van der Waals surface area contributed by atoms with E-state index in [2.05, 4.69) is 112 Å². The molecule has 0 radical (unpaired) electrons. The molecule has 2 aliphatic heterocycles. The van der Waals surface area contributed by atoms with Gasteiger partial charge in [0, 0.05) is 60.7 Å². The molecule has 0 N–H and O–H groups in total. The van der Waals surface area contributed by atoms with E-state index >= 15 is 0 Å². The van der Waals surface area contributed by atoms with Gasteiger partial charge in [-0.1, -0.05) is 65.8 Å². The summed E-state index contributed by atoms with van der Waals surface area (Å²) in [6.07, 6.45) is 9.04. The van der Waals surface area contributed by atoms with Gasteiger partial charge in [-0.2, -0.15) is 0 Å². The van der Waals surface area contributed by atoms with Crippen molar-refractivity contribution in [3.8, 4) is 22.3 Å². The Morgan fingerprint density at radius 3 is 1.25 bits per heavy atom. The molecule has 4 heteroatoms. The molecule has 2 aromatic heterocycles. The number of benzene rings is 3. The van der Waals surface area contributed by atoms with Crippen LogP contribution in [-0.4, -0.2) is 36.1 Å². The Kier molecular flexibility index (Phi) is 7.15. The van der Waals surface area contributed by atoms with E-state index in [0.717, 1.165) is 48.0 Å². The van der Waals surface area contributed by atoms with E-state index in [4.69, 9.17) is 9.97 Å². The highest BCUT2D eigenvalue weighted by atomic mass is 15.1. The molecule has 3 aromatic carbocycles. The van der Waals surface area contributed by atoms with Gasteiger partial charge in [0.1, 0.15) is 0 Å². The van der Waals surface area contributed by atoms with Crippen molar-refractivity contribution in [3.63, 3.8) is 0 Å². The summed E-state index contributed by atoms with van der Waals surface area (Å²) in [7, 11) is 0. The Labute approximate surface area is 263 Å². The Morgan fingerprint density at radius 2 is 0.886 bits per heavy atom. The first-order chi connectivity index (χ1) is 21.1. The minimum atomic E-state index is 0.0517. The Morgan fingerprint density at radius 1 is 0.500 bits per heavy atom. The molecule has 2 saturated heterocycles. The first-order valence-electron chi connectivity index (χ1n) is 16.6. The van der Waals surface area contributed by atoms with E-state index in [-0.39, 0.29) is 10.8 Å². The molecule has 4 nitrogen and oxygen atoms in total. The number of pyridine rings is 2. The van der Waals surface area contributed by atoms with Crippen LogP contribution in [0, 0.1) is 0 Å². The van der Waals surface area contributed by atoms with Gasteiger partial charge >= 0.3 is 0 Å². The quantitative estimate of drug-likeness (QED) is 0.197. The van der Waals surface area contributed by atoms with E-state index in [0.29, 0.717) is 0 Å². The smallest absolute Gasteiger partial charge is 0.0970 e. The molecule has 0 amide bonds. The molecule has 0 spiro atoms. The summed E-state index contributed by atoms with van der Waals surface area (Å²) in [4.78, 5) is 15.0. The third kappa shape index (κ3) is 5.12. The van der Waals surface area contributed by atoms with E-state index in [1.54, 1.807) is 0 Å². The Hall–Kier alpha value is -3.92. The number of nitrogens with zero attached hydrogens (tertiary/aromatic N) is 4. The summed E-state index contributed by atoms with van der Waals surface area (Å²) in [6, 6.07) is 23.0. The monoisotopic (exact) mass is 582 g/mol. The van der Waals surface area contributed by atoms with Crippen LogP contribution in [0.1, 0.15) is 78.4 Å². The van der Waals surface area contributed by atoms with Gasteiger partial charge in [0.2, 0.25) is 0 Å². The fraction of sp³-hybridized carbons (Fsp3) is 0.400. The number of hydrogen-bond donors (Lipinski definition) is 0. The SMILES string of the molecule is CC(C)(C)c1cc(-c2ccnc3c2ccc2c(-c4ccc(N5CCCC5)c(C(C)(C)C)c4)ccnc23)ccc1N1CCCC1. The summed E-state index contributed by atoms with van der Waals surface area (Å²) in [5.74, 6) is 0. The zero-order chi connectivity index (χ0) is 30.6. The number of aromatic nitrogens is 2. The fourth-order valence-corrected chi connectivity index (χ4v) is 7.41. The average Bonchev–Trinajstić information content (AvgIpc) is 3.74. The number of rotatable bonds is 4. The maximum Gasteiger partial charge on any atom is 0.0970 e. The van der Waals surface area contributed by atoms with Crippen LogP contribution < -0.4 is 9.80 Å². The van der Waals surface area contributed by atoms with Crippen molar-refractivity contribution in [3.05, 3.63) is 84.2 Å². The molecule has 44 heavy (non-hydrogen) atoms. The lowest BCUT2D eigenvalue weighted by Gasteiger charge is -2.29. The largest absolute Gasteiger partial charge is 0.371 e. The summed E-state index contributed by atoms with van der Waals surface area (Å²) < 4.78 is 0. The van der Waals surface area contributed by atoms with Gasteiger partial charge in [0.05, 0.1) is 11.0 Å². The van der Waals surface area contributed by atoms with Crippen LogP contribution in [0.3, 0.4) is 0 Å². The summed E-state index contributed by atoms with van der Waals surface area (Å²) in [5, 5.41) is 2.30. The van der Waals surface area contributed by atoms with E-state index in [9.17, 15) is 0 Å². The lowest BCUT2D eigenvalue weighted by Crippen LogP contribution is -2.23. The zero-order valence-corrected chi connectivity index (χ0v) is 27.4. The van der Waals surface area contributed by atoms with Crippen molar-refractivity contribution in [2.45, 2.75) is 78.1 Å². The van der Waals surface area contributed by atoms with Crippen LogP contribution in [0.2, 0.25) is 0 Å². The summed E-state index contributed by atoms with van der Waals surface area (Å²) in [5.41, 5.74) is 12.6. The second kappa shape index (κ2) is 10.9. The second-order valence-electron chi connectivity index (χ2n) is 14.9. The van der Waals surface area contributed by atoms with Crippen LogP contribution in [0.4, 0.5) is 11.4 Å². The van der Waals surface area contributed by atoms with Gasteiger partial charge in [-0.05, 0) is 106 Å². The van der Waals surface area contributed by atoms with E-state index in [1.807, 2.05) is 12.4 Å². The molecule has 5 aromatic rings. The molecular weight excluding hydrogens is 536 g/mol. The number of hydrogen-bond acceptors (Lipinski definition) is 4. The summed E-state index contributed by atoms with van der Waals surface area (Å²) in [6.45, 7) is 18.6. The maximum atomic E-state index is 4.93. The topological polar surface area (TPSA) is 32.3 Å². The highest BCUT2D eigenvalue weighted by Crippen LogP contribution is 2.41. The molecule has 0 unspecified atom stereocenters. The van der Waals surface area contributed by atoms with Crippen LogP contribution in [0.15, 0.2) is 73.1 Å². The predicted molar refractivity (Wildman–Crippen MR) is 188 cm³/mol. The van der Waals surface area contributed by atoms with Crippen LogP contribution in [0.5, 0.6) is 0 Å². The van der Waals surface area contributed by atoms with Crippen molar-refractivity contribution in [1.29, 1.82) is 0 Å². The van der Waals surface area contributed by atoms with Crippen LogP contribution in [0.25, 0.3) is 44.1 Å². The summed E-state index contributed by atoms with van der Waals surface area (Å²) >= 11 is 0. The third-order valence-electron chi connectivity index (χ3n) is 9.75. The molecule has 2 fully saturated rings. The molecule has 226 valence electrons. The fourth-order valence-electron chi connectivity index (χ4n) is 7.41. The van der Waals surface area contributed by atoms with Gasteiger partial charge in [0.15, 0.2) is 0 Å². The first kappa shape index (κ1) is 28.8. The van der Waals surface area contributed by atoms with E-state index < -0.39 is 0 Å². The maximum absolute atomic E-state index is 4.93. The standard InChI is InChI=1S/C40H46N4/c1-39(2,3)33-25-27(11-15-35(33)43-21-7-8-22-43)29-17-19-41-37-31(29)13-14-32-30(18-20-42-38(32)37)28-12-16-36(44-23-9-10-24-44)34(26-28)40(4,5)6/h11-20,25-26H,7-10,21-24H2,1-6H3. The third-order valence-corrected chi connectivity index (χ3v) is 9.75. The lowest BCUT2D eigenvalue weighted by atomic mass is 9.83. The zero-order valence-electron chi connectivity index (χ0n) is 27.4. The molecular formula is C40H46N4. The van der Waals surface area contributed by atoms with Gasteiger partial charge in [-0.15, -0.1) is 0 Å². The second-order valence-corrected chi connectivity index (χ2v) is 14.9. The number of anilines is 2. The normalized spacial score (nSPS) is 16.0. The van der Waals surface area contributed by atoms with Gasteiger partial charge in [0.25, 0.3) is 0 Å². The predicted octanol–water partition coefficient (Wildman–Crippen LogP) is 9.91. The van der Waals surface area contributed by atoms with Crippen molar-refractivity contribution in [2.24, 2.45) is 0 Å². The highest BCUT2D eigenvalue weighted by molar-refractivity contribution is 6.11. The molecule has 0 aliphatic carbocycles. The Bertz CT molecular complexity index is 1710. The van der Waals surface area contributed by atoms with Crippen molar-refractivity contribution >= 4 is 33.2 Å². The molecule has 0 bridgehead atoms. The molecule has 0 saturated carbocycles. The van der Waals surface area contributed by atoms with Crippen molar-refractivity contribution < 1.29 is 0 Å². The van der Waals surface area contributed by atoms with Gasteiger partial charge < -0.3 is 9.80 Å². The average molecular weight is 583 g/mol. The molecule has 4 heterocycles. The van der Waals surface area contributed by atoms with Gasteiger partial charge in [-0.3, -0.25) is 9.97 Å². The first-order valence-corrected chi connectivity index (χ1v) is 16.6. The Balaban J connectivity index is 1.35. The highest BCUT2D eigenvalue weighted by Gasteiger charge is 2.26. The van der Waals surface area contributed by atoms with E-state index in [1.165, 1.54) is 70.4 Å². The minimum Gasteiger partial charge on any atom is -0.371 e. The minimum absolute atomic E-state index is 0.0517. The van der Waals surface area contributed by atoms with Gasteiger partial charge in [-0.25, -0.2) is 0 Å². The molecule has 7 rings (SSSR count). The lowest BCUT2D eigenvalue weighted by molar-refractivity contribution is 0.588. The van der Waals surface area contributed by atoms with Crippen molar-refractivity contribution in [1.82, 2.24) is 9.97 Å².